The fourth-order valence-electron chi connectivity index (χ4n) is 2.60. The molecule has 104 valence electrons. The number of benzene rings is 1. The third kappa shape index (κ3) is 3.20. The smallest absolute Gasteiger partial charge is 0.0766 e. The monoisotopic (exact) mass is 272 g/mol. The molecule has 0 fully saturated rings. The van der Waals surface area contributed by atoms with Crippen molar-refractivity contribution in [2.45, 2.75) is 64.1 Å². The molecule has 1 aromatic carbocycles. The van der Waals surface area contributed by atoms with Crippen molar-refractivity contribution in [1.82, 2.24) is 0 Å². The van der Waals surface area contributed by atoms with Gasteiger partial charge in [-0.3, -0.25) is 0 Å². The summed E-state index contributed by atoms with van der Waals surface area (Å²) in [5.74, 6) is 0.652. The summed E-state index contributed by atoms with van der Waals surface area (Å²) in [6.07, 6.45) is 6.45. The first-order valence-corrected chi connectivity index (χ1v) is 10.7. The predicted octanol–water partition coefficient (Wildman–Crippen LogP) is 5.71. The Hall–Kier alpha value is -0.823. The molecule has 0 heterocycles. The van der Waals surface area contributed by atoms with E-state index in [1.165, 1.54) is 19.3 Å². The molecule has 19 heavy (non-hydrogen) atoms. The molecule has 1 atom stereocenters. The molecule has 0 aromatic heterocycles. The van der Waals surface area contributed by atoms with E-state index in [2.05, 4.69) is 69.9 Å². The number of allylic oxidation sites excluding steroid dienone is 1. The van der Waals surface area contributed by atoms with Crippen molar-refractivity contribution >= 4 is 8.07 Å². The maximum Gasteiger partial charge on any atom is 0.0766 e. The van der Waals surface area contributed by atoms with Crippen molar-refractivity contribution in [2.24, 2.45) is 0 Å². The molecule has 2 rings (SSSR count). The van der Waals surface area contributed by atoms with E-state index in [1.807, 2.05) is 0 Å². The van der Waals surface area contributed by atoms with Crippen LogP contribution in [0.1, 0.15) is 50.7 Å². The Morgan fingerprint density at radius 1 is 1.16 bits per heavy atom. The van der Waals surface area contributed by atoms with Crippen LogP contribution in [0.5, 0.6) is 0 Å². The molecule has 0 amide bonds. The Kier molecular flexibility index (Phi) is 4.05. The summed E-state index contributed by atoms with van der Waals surface area (Å²) < 4.78 is 0. The summed E-state index contributed by atoms with van der Waals surface area (Å²) in [5, 5.41) is 0.442. The highest BCUT2D eigenvalue weighted by Gasteiger charge is 2.32. The zero-order valence-corrected chi connectivity index (χ0v) is 14.2. The van der Waals surface area contributed by atoms with Crippen LogP contribution in [0.15, 0.2) is 36.0 Å². The Balaban J connectivity index is 2.22. The van der Waals surface area contributed by atoms with Crippen molar-refractivity contribution in [2.75, 3.05) is 0 Å². The molecule has 0 saturated heterocycles. The lowest BCUT2D eigenvalue weighted by Crippen LogP contribution is -2.35. The van der Waals surface area contributed by atoms with Gasteiger partial charge >= 0.3 is 0 Å². The fraction of sp³-hybridized carbons (Fsp3) is 0.556. The van der Waals surface area contributed by atoms with Gasteiger partial charge in [-0.25, -0.2) is 0 Å². The fourth-order valence-corrected chi connectivity index (χ4v) is 3.81. The lowest BCUT2D eigenvalue weighted by Gasteiger charge is -2.35. The Morgan fingerprint density at radius 3 is 2.53 bits per heavy atom. The maximum absolute atomic E-state index is 2.58. The zero-order valence-electron chi connectivity index (χ0n) is 13.2. The second-order valence-corrected chi connectivity index (χ2v) is 12.8. The number of fused-ring (bicyclic) bond motifs is 1. The van der Waals surface area contributed by atoms with E-state index in [-0.39, 0.29) is 0 Å². The van der Waals surface area contributed by atoms with E-state index >= 15 is 0 Å². The molecular formula is C18H28Si. The maximum atomic E-state index is 2.58. The van der Waals surface area contributed by atoms with E-state index in [0.717, 1.165) is 0 Å². The summed E-state index contributed by atoms with van der Waals surface area (Å²) in [7, 11) is -1.29. The average molecular weight is 273 g/mol. The average Bonchev–Trinajstić information content (AvgIpc) is 2.35. The minimum absolute atomic E-state index is 0.442. The largest absolute Gasteiger partial charge is 0.0975 e. The van der Waals surface area contributed by atoms with Crippen molar-refractivity contribution in [3.8, 4) is 0 Å². The van der Waals surface area contributed by atoms with Gasteiger partial charge < -0.3 is 0 Å². The number of aryl methyl sites for hydroxylation is 1. The molecule has 0 unspecified atom stereocenters. The highest BCUT2D eigenvalue weighted by atomic mass is 28.3. The van der Waals surface area contributed by atoms with Crippen LogP contribution in [0.25, 0.3) is 0 Å². The Labute approximate surface area is 119 Å². The van der Waals surface area contributed by atoms with E-state index < -0.39 is 8.07 Å². The van der Waals surface area contributed by atoms with Gasteiger partial charge in [-0.15, -0.1) is 0 Å². The van der Waals surface area contributed by atoms with E-state index in [0.29, 0.717) is 11.0 Å². The van der Waals surface area contributed by atoms with Crippen LogP contribution in [0, 0.1) is 0 Å². The van der Waals surface area contributed by atoms with Crippen molar-refractivity contribution in [1.29, 1.82) is 0 Å². The molecule has 1 aromatic rings. The van der Waals surface area contributed by atoms with Gasteiger partial charge in [0.1, 0.15) is 0 Å². The molecule has 0 spiro atoms. The van der Waals surface area contributed by atoms with Gasteiger partial charge in [0.15, 0.2) is 0 Å². The molecule has 0 aliphatic heterocycles. The van der Waals surface area contributed by atoms with E-state index in [1.54, 1.807) is 11.1 Å². The first-order chi connectivity index (χ1) is 8.81. The van der Waals surface area contributed by atoms with E-state index in [4.69, 9.17) is 0 Å². The highest BCUT2D eigenvalue weighted by molar-refractivity contribution is 6.84. The Morgan fingerprint density at radius 2 is 1.84 bits per heavy atom. The first-order valence-electron chi connectivity index (χ1n) is 7.58. The third-order valence-electron chi connectivity index (χ3n) is 5.09. The summed E-state index contributed by atoms with van der Waals surface area (Å²) in [6, 6.07) is 9.01. The normalized spacial score (nSPS) is 20.6. The lowest BCUT2D eigenvalue weighted by molar-refractivity contribution is 0.629. The summed E-state index contributed by atoms with van der Waals surface area (Å²) in [6.45, 7) is 12.1. The van der Waals surface area contributed by atoms with Gasteiger partial charge in [-0.1, -0.05) is 69.9 Å². The SMILES string of the molecule is CC(C)(C)[Si](C)(C)/C=C/[C@H]1CCCc2ccccc21. The molecule has 1 heteroatoms. The van der Waals surface area contributed by atoms with Crippen LogP contribution in [-0.4, -0.2) is 8.07 Å². The number of hydrogen-bond donors (Lipinski definition) is 0. The minimum Gasteiger partial charge on any atom is -0.0975 e. The molecule has 1 aliphatic rings. The molecule has 1 aliphatic carbocycles. The van der Waals surface area contributed by atoms with Crippen LogP contribution < -0.4 is 0 Å². The first kappa shape index (κ1) is 14.6. The van der Waals surface area contributed by atoms with Crippen molar-refractivity contribution < 1.29 is 0 Å². The van der Waals surface area contributed by atoms with Crippen molar-refractivity contribution in [3.63, 3.8) is 0 Å². The topological polar surface area (TPSA) is 0 Å². The van der Waals surface area contributed by atoms with Gasteiger partial charge in [-0.05, 0) is 35.4 Å². The molecule has 0 nitrogen and oxygen atoms in total. The van der Waals surface area contributed by atoms with Crippen LogP contribution in [-0.2, 0) is 6.42 Å². The number of rotatable bonds is 2. The van der Waals surface area contributed by atoms with Gasteiger partial charge in [0, 0.05) is 5.92 Å². The van der Waals surface area contributed by atoms with Gasteiger partial charge in [0.05, 0.1) is 8.07 Å². The third-order valence-corrected chi connectivity index (χ3v) is 9.99. The Bertz CT molecular complexity index is 463. The van der Waals surface area contributed by atoms with Crippen molar-refractivity contribution in [3.05, 3.63) is 47.2 Å². The van der Waals surface area contributed by atoms with Gasteiger partial charge in [-0.2, -0.15) is 0 Å². The molecule has 0 bridgehead atoms. The van der Waals surface area contributed by atoms with Gasteiger partial charge in [0.2, 0.25) is 0 Å². The second kappa shape index (κ2) is 5.28. The molecular weight excluding hydrogens is 244 g/mol. The lowest BCUT2D eigenvalue weighted by atomic mass is 9.83. The summed E-state index contributed by atoms with van der Waals surface area (Å²) in [5.41, 5.74) is 5.72. The molecule has 0 N–H and O–H groups in total. The molecule has 0 saturated carbocycles. The quantitative estimate of drug-likeness (QED) is 0.605. The van der Waals surface area contributed by atoms with Crippen LogP contribution in [0.3, 0.4) is 0 Å². The summed E-state index contributed by atoms with van der Waals surface area (Å²) >= 11 is 0. The van der Waals surface area contributed by atoms with Crippen LogP contribution >= 0.6 is 0 Å². The minimum atomic E-state index is -1.29. The second-order valence-electron chi connectivity index (χ2n) is 7.53. The summed E-state index contributed by atoms with van der Waals surface area (Å²) in [4.78, 5) is 0. The van der Waals surface area contributed by atoms with Crippen LogP contribution in [0.4, 0.5) is 0 Å². The number of hydrogen-bond acceptors (Lipinski definition) is 0. The standard InChI is InChI=1S/C18H28Si/c1-18(2,3)19(4,5)14-13-16-11-8-10-15-9-6-7-12-17(15)16/h6-7,9,12-14,16H,8,10-11H2,1-5H3/b14-13+/t16-/m1/s1. The van der Waals surface area contributed by atoms with E-state index in [9.17, 15) is 0 Å². The van der Waals surface area contributed by atoms with Gasteiger partial charge in [0.25, 0.3) is 0 Å². The van der Waals surface area contributed by atoms with Crippen LogP contribution in [0.2, 0.25) is 18.1 Å². The predicted molar refractivity (Wildman–Crippen MR) is 88.5 cm³/mol. The molecule has 0 radical (unpaired) electrons. The highest BCUT2D eigenvalue weighted by Crippen LogP contribution is 2.38. The zero-order chi connectivity index (χ0) is 14.1.